The van der Waals surface area contributed by atoms with Crippen LogP contribution in [0.1, 0.15) is 96.7 Å². The predicted octanol–water partition coefficient (Wildman–Crippen LogP) is 5.04. The number of pyridine rings is 1. The summed E-state index contributed by atoms with van der Waals surface area (Å²) in [6, 6.07) is 7.91. The van der Waals surface area contributed by atoms with E-state index in [1.807, 2.05) is 64.8 Å². The number of carbonyl (C=O) groups excluding carboxylic acids is 2. The van der Waals surface area contributed by atoms with Crippen molar-refractivity contribution in [1.82, 2.24) is 29.5 Å². The summed E-state index contributed by atoms with van der Waals surface area (Å²) >= 11 is 0. The van der Waals surface area contributed by atoms with Gasteiger partial charge in [0.2, 0.25) is 5.91 Å². The zero-order valence-corrected chi connectivity index (χ0v) is 32.1. The van der Waals surface area contributed by atoms with Crippen molar-refractivity contribution in [3.8, 4) is 5.75 Å². The first kappa shape index (κ1) is 37.7. The van der Waals surface area contributed by atoms with Crippen molar-refractivity contribution in [3.05, 3.63) is 88.6 Å². The summed E-state index contributed by atoms with van der Waals surface area (Å²) in [6.07, 6.45) is 6.88. The van der Waals surface area contributed by atoms with Gasteiger partial charge < -0.3 is 19.7 Å². The summed E-state index contributed by atoms with van der Waals surface area (Å²) in [7, 11) is -1.45. The molecule has 278 valence electrons. The standard InChI is InChI=1S/C39H51N7O5S/c1-9-35(47)46-15-14-45(20-26(46)4)21-34(32-13-12-29(19-41-32)28-10-11-28)51-33-16-24(2)30(37(48)43-36-25(3)18-40-27(5)42-36)17-31(33)39(22-50-23-39)44-52(49)38(6,7)8/h9,12-13,16-19,26,28,34,44H,1,10-11,14-15,20-23H2,2-8H3,(H,40,42,43,48)/t26-,34-,52?/m1/s1. The lowest BCUT2D eigenvalue weighted by Gasteiger charge is -2.44. The molecule has 3 aromatic rings. The predicted molar refractivity (Wildman–Crippen MR) is 202 cm³/mol. The third-order valence-electron chi connectivity index (χ3n) is 10.0. The highest BCUT2D eigenvalue weighted by molar-refractivity contribution is 7.84. The molecule has 52 heavy (non-hydrogen) atoms. The van der Waals surface area contributed by atoms with Crippen LogP contribution in [-0.4, -0.2) is 91.0 Å². The van der Waals surface area contributed by atoms with E-state index in [0.717, 1.165) is 11.3 Å². The molecule has 1 saturated carbocycles. The van der Waals surface area contributed by atoms with Crippen molar-refractivity contribution >= 4 is 28.6 Å². The zero-order chi connectivity index (χ0) is 37.4. The van der Waals surface area contributed by atoms with E-state index in [0.29, 0.717) is 66.2 Å². The summed E-state index contributed by atoms with van der Waals surface area (Å²) in [4.78, 5) is 44.2. The van der Waals surface area contributed by atoms with Crippen molar-refractivity contribution in [2.45, 2.75) is 89.7 Å². The van der Waals surface area contributed by atoms with E-state index in [-0.39, 0.29) is 31.1 Å². The van der Waals surface area contributed by atoms with Gasteiger partial charge in [0.25, 0.3) is 5.91 Å². The Hall–Kier alpha value is -4.04. The van der Waals surface area contributed by atoms with Crippen LogP contribution in [0.15, 0.2) is 49.3 Å². The Morgan fingerprint density at radius 1 is 1.12 bits per heavy atom. The second-order valence-corrected chi connectivity index (χ2v) is 17.3. The molecule has 2 saturated heterocycles. The van der Waals surface area contributed by atoms with Crippen LogP contribution in [0.5, 0.6) is 5.75 Å². The number of piperazine rings is 1. The molecule has 0 bridgehead atoms. The number of hydrogen-bond donors (Lipinski definition) is 2. The molecule has 12 nitrogen and oxygen atoms in total. The maximum atomic E-state index is 13.9. The van der Waals surface area contributed by atoms with Crippen LogP contribution in [-0.2, 0) is 26.1 Å². The number of nitrogens with zero attached hydrogens (tertiary/aromatic N) is 5. The number of rotatable bonds is 12. The molecule has 2 aliphatic heterocycles. The van der Waals surface area contributed by atoms with E-state index in [2.05, 4.69) is 43.6 Å². The van der Waals surface area contributed by atoms with Gasteiger partial charge in [-0.1, -0.05) is 12.6 Å². The first-order valence-corrected chi connectivity index (χ1v) is 19.1. The lowest BCUT2D eigenvalue weighted by atomic mass is 9.86. The molecule has 4 heterocycles. The van der Waals surface area contributed by atoms with E-state index >= 15 is 0 Å². The minimum atomic E-state index is -1.45. The summed E-state index contributed by atoms with van der Waals surface area (Å²) in [5.74, 6) is 1.71. The van der Waals surface area contributed by atoms with Crippen LogP contribution in [0, 0.1) is 20.8 Å². The molecule has 1 aliphatic carbocycles. The zero-order valence-electron chi connectivity index (χ0n) is 31.3. The number of aromatic nitrogens is 3. The molecule has 6 rings (SSSR count). The van der Waals surface area contributed by atoms with E-state index < -0.39 is 27.4 Å². The molecule has 0 radical (unpaired) electrons. The van der Waals surface area contributed by atoms with Crippen molar-refractivity contribution in [2.24, 2.45) is 0 Å². The van der Waals surface area contributed by atoms with E-state index in [4.69, 9.17) is 14.5 Å². The third kappa shape index (κ3) is 8.27. The lowest BCUT2D eigenvalue weighted by molar-refractivity contribution is -0.130. The van der Waals surface area contributed by atoms with Gasteiger partial charge in [-0.05, 0) is 103 Å². The molecule has 2 amide bonds. The Labute approximate surface area is 309 Å². The number of carbonyl (C=O) groups is 2. The quantitative estimate of drug-likeness (QED) is 0.246. The van der Waals surface area contributed by atoms with Gasteiger partial charge in [0.05, 0.1) is 34.6 Å². The topological polar surface area (TPSA) is 139 Å². The molecule has 3 atom stereocenters. The second-order valence-electron chi connectivity index (χ2n) is 15.4. The van der Waals surface area contributed by atoms with Crippen LogP contribution >= 0.6 is 0 Å². The monoisotopic (exact) mass is 729 g/mol. The maximum absolute atomic E-state index is 13.9. The maximum Gasteiger partial charge on any atom is 0.257 e. The average molecular weight is 730 g/mol. The van der Waals surface area contributed by atoms with Gasteiger partial charge in [0.15, 0.2) is 6.10 Å². The fourth-order valence-electron chi connectivity index (χ4n) is 6.62. The molecule has 2 N–H and O–H groups in total. The third-order valence-corrected chi connectivity index (χ3v) is 11.7. The molecular formula is C39H51N7O5S. The Morgan fingerprint density at radius 3 is 2.46 bits per heavy atom. The molecule has 1 unspecified atom stereocenters. The van der Waals surface area contributed by atoms with Gasteiger partial charge in [-0.3, -0.25) is 19.5 Å². The molecular weight excluding hydrogens is 679 g/mol. The van der Waals surface area contributed by atoms with Crippen LogP contribution in [0.3, 0.4) is 0 Å². The normalized spacial score (nSPS) is 20.1. The molecule has 0 spiro atoms. The number of hydrogen-bond acceptors (Lipinski definition) is 9. The van der Waals surface area contributed by atoms with Crippen molar-refractivity contribution in [3.63, 3.8) is 0 Å². The fraction of sp³-hybridized carbons (Fsp3) is 0.513. The number of ether oxygens (including phenoxy) is 2. The minimum Gasteiger partial charge on any atom is -0.482 e. The Bertz CT molecular complexity index is 1850. The highest BCUT2D eigenvalue weighted by Crippen LogP contribution is 2.42. The van der Waals surface area contributed by atoms with Gasteiger partial charge in [0.1, 0.15) is 22.9 Å². The summed E-state index contributed by atoms with van der Waals surface area (Å²) in [5, 5.41) is 2.97. The number of amides is 2. The first-order valence-electron chi connectivity index (χ1n) is 18.0. The van der Waals surface area contributed by atoms with Gasteiger partial charge in [-0.15, -0.1) is 0 Å². The molecule has 1 aromatic carbocycles. The summed E-state index contributed by atoms with van der Waals surface area (Å²) < 4.78 is 29.3. The van der Waals surface area contributed by atoms with Crippen LogP contribution in [0.2, 0.25) is 0 Å². The fourth-order valence-corrected chi connectivity index (χ4v) is 7.51. The van der Waals surface area contributed by atoms with Crippen LogP contribution < -0.4 is 14.8 Å². The van der Waals surface area contributed by atoms with Crippen LogP contribution in [0.4, 0.5) is 5.82 Å². The number of aryl methyl sites for hydroxylation is 3. The van der Waals surface area contributed by atoms with Gasteiger partial charge >= 0.3 is 0 Å². The van der Waals surface area contributed by atoms with Gasteiger partial charge in [0, 0.05) is 61.3 Å². The Morgan fingerprint density at radius 2 is 1.87 bits per heavy atom. The van der Waals surface area contributed by atoms with E-state index in [9.17, 15) is 13.8 Å². The average Bonchev–Trinajstić information content (AvgIpc) is 3.93. The van der Waals surface area contributed by atoms with Crippen molar-refractivity contribution < 1.29 is 23.3 Å². The van der Waals surface area contributed by atoms with Gasteiger partial charge in [-0.25, -0.2) is 18.9 Å². The lowest BCUT2D eigenvalue weighted by Crippen LogP contribution is -2.60. The van der Waals surface area contributed by atoms with Gasteiger partial charge in [-0.2, -0.15) is 0 Å². The Balaban J connectivity index is 1.38. The molecule has 2 aromatic heterocycles. The number of anilines is 1. The summed E-state index contributed by atoms with van der Waals surface area (Å²) in [6.45, 7) is 19.9. The largest absolute Gasteiger partial charge is 0.482 e. The van der Waals surface area contributed by atoms with Crippen molar-refractivity contribution in [2.75, 3.05) is 44.7 Å². The highest BCUT2D eigenvalue weighted by Gasteiger charge is 2.46. The van der Waals surface area contributed by atoms with E-state index in [1.54, 1.807) is 13.1 Å². The minimum absolute atomic E-state index is 0.00464. The second kappa shape index (κ2) is 15.1. The molecule has 3 aliphatic rings. The SMILES string of the molecule is C=CC(=O)N1CCN(C[C@@H](Oc2cc(C)c(C(=O)Nc3nc(C)ncc3C)cc2C2(NS(=O)C(C)(C)C)COC2)c2ccc(C3CC3)cn2)C[C@H]1C. The highest BCUT2D eigenvalue weighted by atomic mass is 32.2. The summed E-state index contributed by atoms with van der Waals surface area (Å²) in [5.41, 5.74) is 3.70. The van der Waals surface area contributed by atoms with Crippen LogP contribution in [0.25, 0.3) is 0 Å². The Kier molecular flexibility index (Phi) is 11.0. The molecule has 13 heteroatoms. The van der Waals surface area contributed by atoms with Crippen molar-refractivity contribution in [1.29, 1.82) is 0 Å². The number of nitrogens with one attached hydrogen (secondary N) is 2. The number of benzene rings is 1. The molecule has 3 fully saturated rings. The van der Waals surface area contributed by atoms with E-state index in [1.165, 1.54) is 24.5 Å². The smallest absolute Gasteiger partial charge is 0.257 e. The first-order chi connectivity index (χ1) is 24.7.